The van der Waals surface area contributed by atoms with Gasteiger partial charge in [0, 0.05) is 25.5 Å². The first kappa shape index (κ1) is 17.3. The van der Waals surface area contributed by atoms with Gasteiger partial charge in [0.15, 0.2) is 5.82 Å². The van der Waals surface area contributed by atoms with Crippen LogP contribution in [0, 0.1) is 6.92 Å². The fraction of sp³-hybridized carbons (Fsp3) is 0.421. The van der Waals surface area contributed by atoms with Gasteiger partial charge >= 0.3 is 0 Å². The predicted molar refractivity (Wildman–Crippen MR) is 105 cm³/mol. The molecule has 1 fully saturated rings. The molecule has 3 aromatic rings. The number of morpholine rings is 1. The van der Waals surface area contributed by atoms with Crippen molar-refractivity contribution < 1.29 is 4.74 Å². The second-order valence-electron chi connectivity index (χ2n) is 6.60. The molecule has 0 aliphatic carbocycles. The Kier molecular flexibility index (Phi) is 5.10. The van der Waals surface area contributed by atoms with Crippen LogP contribution in [0.15, 0.2) is 29.6 Å². The molecule has 1 saturated heterocycles. The number of nitrogens with zero attached hydrogens (tertiary/aromatic N) is 5. The summed E-state index contributed by atoms with van der Waals surface area (Å²) >= 11 is 1.73. The number of para-hydroxylation sites is 2. The minimum Gasteiger partial charge on any atom is -0.379 e. The lowest BCUT2D eigenvalue weighted by atomic mass is 10.3. The lowest BCUT2D eigenvalue weighted by Crippen LogP contribution is -2.35. The number of fused-ring (bicyclic) bond motifs is 1. The smallest absolute Gasteiger partial charge is 0.150 e. The van der Waals surface area contributed by atoms with E-state index in [1.807, 2.05) is 38.2 Å². The van der Waals surface area contributed by atoms with Crippen LogP contribution in [0.2, 0.25) is 0 Å². The van der Waals surface area contributed by atoms with Gasteiger partial charge in [0.1, 0.15) is 5.01 Å². The van der Waals surface area contributed by atoms with Crippen molar-refractivity contribution in [2.75, 3.05) is 38.3 Å². The van der Waals surface area contributed by atoms with Gasteiger partial charge in [0.05, 0.1) is 48.7 Å². The molecule has 3 heterocycles. The van der Waals surface area contributed by atoms with Crippen molar-refractivity contribution in [3.8, 4) is 0 Å². The Balaban J connectivity index is 1.46. The number of hydrogen-bond donors (Lipinski definition) is 0. The molecular formula is C19H23N5OS. The largest absolute Gasteiger partial charge is 0.379 e. The van der Waals surface area contributed by atoms with Crippen LogP contribution in [0.25, 0.3) is 11.0 Å². The van der Waals surface area contributed by atoms with Crippen molar-refractivity contribution in [2.45, 2.75) is 20.0 Å². The van der Waals surface area contributed by atoms with Crippen LogP contribution in [-0.4, -0.2) is 53.2 Å². The number of aryl methyl sites for hydroxylation is 1. The third-order valence-electron chi connectivity index (χ3n) is 4.54. The van der Waals surface area contributed by atoms with Crippen molar-refractivity contribution in [3.05, 3.63) is 46.0 Å². The van der Waals surface area contributed by atoms with E-state index < -0.39 is 0 Å². The summed E-state index contributed by atoms with van der Waals surface area (Å²) in [5, 5.41) is 3.31. The number of thiazole rings is 1. The lowest BCUT2D eigenvalue weighted by molar-refractivity contribution is 0.0341. The second-order valence-corrected chi connectivity index (χ2v) is 7.54. The maximum absolute atomic E-state index is 5.41. The first-order chi connectivity index (χ1) is 12.7. The molecule has 0 saturated carbocycles. The highest BCUT2D eigenvalue weighted by molar-refractivity contribution is 7.09. The molecule has 7 heteroatoms. The quantitative estimate of drug-likeness (QED) is 0.689. The molecule has 1 aromatic carbocycles. The van der Waals surface area contributed by atoms with E-state index in [0.29, 0.717) is 0 Å². The minimum absolute atomic E-state index is 0.730. The van der Waals surface area contributed by atoms with Crippen molar-refractivity contribution in [1.29, 1.82) is 0 Å². The Morgan fingerprint density at radius 2 is 1.85 bits per heavy atom. The minimum atomic E-state index is 0.730. The van der Waals surface area contributed by atoms with Gasteiger partial charge in [-0.15, -0.1) is 11.3 Å². The second kappa shape index (κ2) is 7.65. The van der Waals surface area contributed by atoms with E-state index in [2.05, 4.69) is 20.2 Å². The fourth-order valence-corrected chi connectivity index (χ4v) is 4.03. The van der Waals surface area contributed by atoms with Crippen molar-refractivity contribution in [3.63, 3.8) is 0 Å². The molecule has 4 rings (SSSR count). The van der Waals surface area contributed by atoms with Gasteiger partial charge < -0.3 is 9.64 Å². The molecule has 0 spiro atoms. The van der Waals surface area contributed by atoms with Gasteiger partial charge in [-0.25, -0.2) is 15.0 Å². The molecule has 0 unspecified atom stereocenters. The molecule has 6 nitrogen and oxygen atoms in total. The Hall–Kier alpha value is -2.09. The number of rotatable bonds is 5. The van der Waals surface area contributed by atoms with Crippen molar-refractivity contribution in [1.82, 2.24) is 19.9 Å². The maximum atomic E-state index is 5.41. The summed E-state index contributed by atoms with van der Waals surface area (Å²) in [7, 11) is 2.05. The van der Waals surface area contributed by atoms with Gasteiger partial charge in [-0.1, -0.05) is 12.1 Å². The Labute approximate surface area is 157 Å². The average Bonchev–Trinajstić information content (AvgIpc) is 3.08. The van der Waals surface area contributed by atoms with Crippen molar-refractivity contribution in [2.24, 2.45) is 0 Å². The normalized spacial score (nSPS) is 15.5. The zero-order chi connectivity index (χ0) is 17.9. The third kappa shape index (κ3) is 3.85. The summed E-state index contributed by atoms with van der Waals surface area (Å²) in [5.74, 6) is 0.909. The molecule has 0 atom stereocenters. The first-order valence-corrected chi connectivity index (χ1v) is 9.75. The van der Waals surface area contributed by atoms with Crippen LogP contribution in [0.1, 0.15) is 16.4 Å². The highest BCUT2D eigenvalue weighted by atomic mass is 32.1. The maximum Gasteiger partial charge on any atom is 0.150 e. The van der Waals surface area contributed by atoms with Crippen LogP contribution in [0.3, 0.4) is 0 Å². The zero-order valence-electron chi connectivity index (χ0n) is 15.2. The number of benzene rings is 1. The van der Waals surface area contributed by atoms with Gasteiger partial charge in [-0.3, -0.25) is 4.90 Å². The van der Waals surface area contributed by atoms with Gasteiger partial charge in [-0.2, -0.15) is 0 Å². The van der Waals surface area contributed by atoms with E-state index in [9.17, 15) is 0 Å². The Morgan fingerprint density at radius 3 is 2.62 bits per heavy atom. The van der Waals surface area contributed by atoms with Crippen molar-refractivity contribution >= 4 is 28.2 Å². The summed E-state index contributed by atoms with van der Waals surface area (Å²) in [6, 6.07) is 7.99. The third-order valence-corrected chi connectivity index (χ3v) is 5.42. The molecular weight excluding hydrogens is 346 g/mol. The molecule has 0 radical (unpaired) electrons. The number of aromatic nitrogens is 3. The fourth-order valence-electron chi connectivity index (χ4n) is 3.20. The molecule has 0 bridgehead atoms. The van der Waals surface area contributed by atoms with E-state index in [1.54, 1.807) is 11.3 Å². The molecule has 26 heavy (non-hydrogen) atoms. The topological polar surface area (TPSA) is 54.4 Å². The van der Waals surface area contributed by atoms with E-state index in [4.69, 9.17) is 14.7 Å². The first-order valence-electron chi connectivity index (χ1n) is 8.87. The SMILES string of the molecule is Cc1nc2ccccc2nc1N(C)Cc1csc(CN2CCOCC2)n1. The predicted octanol–water partition coefficient (Wildman–Crippen LogP) is 2.86. The van der Waals surface area contributed by atoms with E-state index in [1.165, 1.54) is 0 Å². The Bertz CT molecular complexity index is 891. The standard InChI is InChI=1S/C19H23N5OS/c1-14-19(22-17-6-4-3-5-16(17)20-14)23(2)11-15-13-26-18(21-15)12-24-7-9-25-10-8-24/h3-6,13H,7-12H2,1-2H3. The van der Waals surface area contributed by atoms with Crippen LogP contribution in [0.4, 0.5) is 5.82 Å². The average molecular weight is 369 g/mol. The van der Waals surface area contributed by atoms with Gasteiger partial charge in [-0.05, 0) is 19.1 Å². The molecule has 0 amide bonds. The number of ether oxygens (including phenoxy) is 1. The summed E-state index contributed by atoms with van der Waals surface area (Å²) < 4.78 is 5.41. The molecule has 136 valence electrons. The summed E-state index contributed by atoms with van der Waals surface area (Å²) in [4.78, 5) is 18.8. The van der Waals surface area contributed by atoms with E-state index in [-0.39, 0.29) is 0 Å². The molecule has 1 aliphatic heterocycles. The summed E-state index contributed by atoms with van der Waals surface area (Å²) in [6.45, 7) is 7.26. The van der Waals surface area contributed by atoms with Crippen LogP contribution < -0.4 is 4.90 Å². The highest BCUT2D eigenvalue weighted by Crippen LogP contribution is 2.21. The number of hydrogen-bond acceptors (Lipinski definition) is 7. The number of anilines is 1. The molecule has 0 N–H and O–H groups in total. The summed E-state index contributed by atoms with van der Waals surface area (Å²) in [5.41, 5.74) is 3.87. The van der Waals surface area contributed by atoms with Crippen LogP contribution in [0.5, 0.6) is 0 Å². The highest BCUT2D eigenvalue weighted by Gasteiger charge is 2.15. The van der Waals surface area contributed by atoms with Crippen LogP contribution >= 0.6 is 11.3 Å². The van der Waals surface area contributed by atoms with Crippen LogP contribution in [-0.2, 0) is 17.8 Å². The Morgan fingerprint density at radius 1 is 1.12 bits per heavy atom. The monoisotopic (exact) mass is 369 g/mol. The molecule has 1 aliphatic rings. The lowest BCUT2D eigenvalue weighted by Gasteiger charge is -2.25. The van der Waals surface area contributed by atoms with E-state index >= 15 is 0 Å². The van der Waals surface area contributed by atoms with Gasteiger partial charge in [0.25, 0.3) is 0 Å². The summed E-state index contributed by atoms with van der Waals surface area (Å²) in [6.07, 6.45) is 0. The van der Waals surface area contributed by atoms with E-state index in [0.717, 1.165) is 72.6 Å². The molecule has 2 aromatic heterocycles. The zero-order valence-corrected chi connectivity index (χ0v) is 16.0. The van der Waals surface area contributed by atoms with Gasteiger partial charge in [0.2, 0.25) is 0 Å².